The number of alkyl carbamates (subject to hydrolysis) is 1. The van der Waals surface area contributed by atoms with E-state index in [1.165, 1.54) is 57.0 Å². The van der Waals surface area contributed by atoms with Gasteiger partial charge >= 0.3 is 24.2 Å². The highest BCUT2D eigenvalue weighted by Gasteiger charge is 2.66. The van der Waals surface area contributed by atoms with E-state index in [0.717, 1.165) is 28.9 Å². The maximum absolute atomic E-state index is 14.8. The zero-order chi connectivity index (χ0) is 56.1. The number of halogens is 2. The van der Waals surface area contributed by atoms with Gasteiger partial charge in [0.15, 0.2) is 5.72 Å². The lowest BCUT2D eigenvalue weighted by atomic mass is 9.84. The Balaban J connectivity index is 1.19. The number of likely N-dealkylation sites (N-methyl/N-ethyl adjacent to an activating group) is 4. The van der Waals surface area contributed by atoms with Crippen molar-refractivity contribution < 1.29 is 76.6 Å². The van der Waals surface area contributed by atoms with Gasteiger partial charge in [0.2, 0.25) is 17.9 Å². The number of amides is 6. The topological polar surface area (TPSA) is 254 Å². The first-order chi connectivity index (χ1) is 36.0. The number of anilines is 1. The Morgan fingerprint density at radius 2 is 1.75 bits per heavy atom. The fourth-order valence-corrected chi connectivity index (χ4v) is 9.64. The van der Waals surface area contributed by atoms with Crippen molar-refractivity contribution in [3.05, 3.63) is 58.7 Å². The molecular formula is C52H74BrClN6O16. The van der Waals surface area contributed by atoms with E-state index in [1.807, 2.05) is 25.2 Å². The molecule has 3 unspecified atom stereocenters. The number of fused-ring (bicyclic) bond motifs is 5. The van der Waals surface area contributed by atoms with Crippen LogP contribution in [0.3, 0.4) is 0 Å². The Morgan fingerprint density at radius 1 is 1.04 bits per heavy atom. The smallest absolute Gasteiger partial charge is 0.410 e. The number of benzene rings is 1. The third-order valence-corrected chi connectivity index (χ3v) is 14.9. The number of nitrogens with one attached hydrogen (secondary N) is 2. The maximum Gasteiger partial charge on any atom is 0.410 e. The molecule has 3 N–H and O–H groups in total. The minimum absolute atomic E-state index is 0.00594. The van der Waals surface area contributed by atoms with Gasteiger partial charge in [-0.3, -0.25) is 19.7 Å². The van der Waals surface area contributed by atoms with E-state index in [9.17, 15) is 38.7 Å². The van der Waals surface area contributed by atoms with Crippen LogP contribution >= 0.6 is 27.5 Å². The number of carbonyl (C=O) groups is 7. The highest BCUT2D eigenvalue weighted by Crippen LogP contribution is 2.49. The molecule has 0 aromatic heterocycles. The number of rotatable bonds is 17. The fraction of sp³-hybridized carbons (Fsp3) is 0.635. The normalized spacial score (nSPS) is 28.5. The molecule has 1 aliphatic carbocycles. The van der Waals surface area contributed by atoms with Crippen molar-refractivity contribution in [1.29, 1.82) is 0 Å². The van der Waals surface area contributed by atoms with Crippen LogP contribution in [0, 0.1) is 5.92 Å². The van der Waals surface area contributed by atoms with Crippen molar-refractivity contribution in [2.24, 2.45) is 5.92 Å². The van der Waals surface area contributed by atoms with Crippen LogP contribution in [0.25, 0.3) is 0 Å². The number of methoxy groups -OCH3 is 2. The number of carbonyl (C=O) groups excluding carboxylic acids is 7. The molecule has 6 amide bonds. The maximum atomic E-state index is 14.8. The van der Waals surface area contributed by atoms with E-state index in [2.05, 4.69) is 26.6 Å². The highest BCUT2D eigenvalue weighted by atomic mass is 79.9. The van der Waals surface area contributed by atoms with Gasteiger partial charge in [-0.05, 0) is 76.6 Å². The largest absolute Gasteiger partial charge is 0.495 e. The Morgan fingerprint density at radius 3 is 2.43 bits per heavy atom. The van der Waals surface area contributed by atoms with Crippen LogP contribution in [0.2, 0.25) is 5.02 Å². The Hall–Kier alpha value is -5.46. The van der Waals surface area contributed by atoms with Gasteiger partial charge in [-0.15, -0.1) is 0 Å². The lowest BCUT2D eigenvalue weighted by Gasteiger charge is -2.42. The van der Waals surface area contributed by atoms with Crippen LogP contribution < -0.4 is 20.3 Å². The molecule has 2 saturated heterocycles. The van der Waals surface area contributed by atoms with Gasteiger partial charge in [0.1, 0.15) is 47.3 Å². The van der Waals surface area contributed by atoms with E-state index in [0.29, 0.717) is 32.4 Å². The predicted molar refractivity (Wildman–Crippen MR) is 282 cm³/mol. The average molecular weight is 1150 g/mol. The number of allylic oxidation sites excluding steroid dienone is 3. The van der Waals surface area contributed by atoms with Crippen LogP contribution in [-0.4, -0.2) is 196 Å². The summed E-state index contributed by atoms with van der Waals surface area (Å²) >= 11 is 9.95. The van der Waals surface area contributed by atoms with Crippen molar-refractivity contribution in [2.45, 2.75) is 127 Å². The Labute approximate surface area is 457 Å². The number of alkyl halides is 1. The molecule has 3 aliphatic heterocycles. The fourth-order valence-electron chi connectivity index (χ4n) is 9.13. The van der Waals surface area contributed by atoms with Crippen molar-refractivity contribution in [3.8, 4) is 5.75 Å². The quantitative estimate of drug-likeness (QED) is 0.0461. The SMILES string of the molecule is COc1cc2cc(c1Cl)N(C)C(=O)[C@H](OC(=O)[C@H](C)N(C)C(=O)CCOC(=O)N(C)CCN(C)C(=O)OC1/C=C/CC(OCCNC(=O)CBr)CCC1)[C@]1(C)OC1[C@H](C)[C@@H]1C[C@@](O)(NC(=O)O1)[C@H](OC)/C=C/C=C(\C)C2. The summed E-state index contributed by atoms with van der Waals surface area (Å²) in [6.45, 7) is 7.30. The molecular weight excluding hydrogens is 1080 g/mol. The summed E-state index contributed by atoms with van der Waals surface area (Å²) in [5.74, 6) is -2.77. The van der Waals surface area contributed by atoms with Gasteiger partial charge in [0, 0.05) is 67.3 Å². The molecule has 0 spiro atoms. The van der Waals surface area contributed by atoms with E-state index in [-0.39, 0.29) is 66.3 Å². The van der Waals surface area contributed by atoms with Crippen LogP contribution in [0.4, 0.5) is 20.1 Å². The molecule has 1 aromatic rings. The first kappa shape index (κ1) is 61.4. The van der Waals surface area contributed by atoms with Gasteiger partial charge in [-0.2, -0.15) is 0 Å². The molecule has 0 saturated carbocycles. The lowest BCUT2D eigenvalue weighted by Crippen LogP contribution is -2.63. The van der Waals surface area contributed by atoms with E-state index >= 15 is 0 Å². The summed E-state index contributed by atoms with van der Waals surface area (Å²) in [4.78, 5) is 97.6. The van der Waals surface area contributed by atoms with Gasteiger partial charge in [0.25, 0.3) is 5.91 Å². The van der Waals surface area contributed by atoms with Crippen LogP contribution in [0.1, 0.15) is 71.8 Å². The van der Waals surface area contributed by atoms with Crippen molar-refractivity contribution >= 4 is 75.2 Å². The molecule has 2 fully saturated rings. The van der Waals surface area contributed by atoms with E-state index in [1.54, 1.807) is 45.2 Å². The first-order valence-corrected chi connectivity index (χ1v) is 26.7. The van der Waals surface area contributed by atoms with Crippen LogP contribution in [0.5, 0.6) is 5.75 Å². The summed E-state index contributed by atoms with van der Waals surface area (Å²) in [5.41, 5.74) is -1.58. The lowest BCUT2D eigenvalue weighted by molar-refractivity contribution is -0.165. The number of hydrogen-bond acceptors (Lipinski definition) is 16. The molecule has 24 heteroatoms. The second-order valence-electron chi connectivity index (χ2n) is 19.7. The number of nitrogens with zero attached hydrogens (tertiary/aromatic N) is 4. The standard InChI is InChI=1S/C52H74BrClN6O16/c1-31-14-11-19-40(70-10)52(68)29-39(74-48(65)56-52)32(2)44-51(4,76-44)45(46(63)60(8)37-27-34(26-31)28-38(69-9)43(37)54)75-47(64)33(3)59(7)42(62)20-24-72-49(66)57(5)22-23-58(6)50(67)73-36-17-12-15-35(16-13-18-36)71-25-21-55-41(61)30-53/h11-12,14,17,19,27-28,32-33,35-36,39-40,44-45,68H,13,15-16,18,20-26,29-30H2,1-10H3,(H,55,61)(H,56,65)/b17-12+,19-11+,31-14+/t32-,33+,35?,36?,39+,40-,44?,45+,51-,52+/m1/s1. The summed E-state index contributed by atoms with van der Waals surface area (Å²) < 4.78 is 46.2. The summed E-state index contributed by atoms with van der Waals surface area (Å²) in [5, 5.41) is 17.4. The molecule has 3 heterocycles. The molecule has 4 bridgehead atoms. The van der Waals surface area contributed by atoms with Crippen LogP contribution in [-0.2, 0) is 58.8 Å². The number of epoxide rings is 1. The molecule has 10 atom stereocenters. The minimum Gasteiger partial charge on any atom is -0.495 e. The summed E-state index contributed by atoms with van der Waals surface area (Å²) in [6.07, 6.45) is 4.51. The average Bonchev–Trinajstić information content (AvgIpc) is 4.08. The number of ether oxygens (including phenoxy) is 8. The number of esters is 1. The zero-order valence-electron chi connectivity index (χ0n) is 45.0. The zero-order valence-corrected chi connectivity index (χ0v) is 47.3. The highest BCUT2D eigenvalue weighted by molar-refractivity contribution is 9.09. The van der Waals surface area contributed by atoms with E-state index < -0.39 is 89.9 Å². The van der Waals surface area contributed by atoms with Crippen molar-refractivity contribution in [2.75, 3.05) is 85.5 Å². The number of hydrogen-bond donors (Lipinski definition) is 3. The second kappa shape index (κ2) is 27.7. The van der Waals surface area contributed by atoms with Crippen LogP contribution in [0.15, 0.2) is 48.1 Å². The molecule has 1 aromatic carbocycles. The van der Waals surface area contributed by atoms with Gasteiger partial charge < -0.3 is 67.9 Å². The monoisotopic (exact) mass is 1150 g/mol. The predicted octanol–water partition coefficient (Wildman–Crippen LogP) is 5.05. The summed E-state index contributed by atoms with van der Waals surface area (Å²) in [7, 11) is 8.72. The van der Waals surface area contributed by atoms with E-state index in [4.69, 9.17) is 49.5 Å². The van der Waals surface area contributed by atoms with Gasteiger partial charge in [0.05, 0.1) is 43.4 Å². The minimum atomic E-state index is -1.90. The molecule has 4 aliphatic rings. The van der Waals surface area contributed by atoms with Crippen molar-refractivity contribution in [1.82, 2.24) is 25.3 Å². The van der Waals surface area contributed by atoms with Crippen molar-refractivity contribution in [3.63, 3.8) is 0 Å². The molecule has 422 valence electrons. The Bertz CT molecular complexity index is 2360. The molecule has 0 radical (unpaired) electrons. The first-order valence-electron chi connectivity index (χ1n) is 25.2. The number of aliphatic hydroxyl groups is 1. The third-order valence-electron chi connectivity index (χ3n) is 14.1. The second-order valence-corrected chi connectivity index (χ2v) is 20.7. The molecule has 5 rings (SSSR count). The molecule has 76 heavy (non-hydrogen) atoms. The van der Waals surface area contributed by atoms with Gasteiger partial charge in [-0.25, -0.2) is 19.2 Å². The van der Waals surface area contributed by atoms with Gasteiger partial charge in [-0.1, -0.05) is 64.3 Å². The Kier molecular flexibility index (Phi) is 22.4. The summed E-state index contributed by atoms with van der Waals surface area (Å²) in [6, 6.07) is 2.20. The third kappa shape index (κ3) is 16.1. The molecule has 22 nitrogen and oxygen atoms in total.